The van der Waals surface area contributed by atoms with Gasteiger partial charge in [-0.05, 0) is 35.7 Å². The van der Waals surface area contributed by atoms with Gasteiger partial charge in [-0.3, -0.25) is 0 Å². The molecule has 0 bridgehead atoms. The molecule has 0 saturated carbocycles. The first-order chi connectivity index (χ1) is 11.6. The Kier molecular flexibility index (Phi) is 4.96. The third kappa shape index (κ3) is 4.23. The predicted molar refractivity (Wildman–Crippen MR) is 87.2 cm³/mol. The van der Waals surface area contributed by atoms with E-state index < -0.39 is 11.6 Å². The predicted octanol–water partition coefficient (Wildman–Crippen LogP) is 3.46. The second-order valence-corrected chi connectivity index (χ2v) is 5.71. The van der Waals surface area contributed by atoms with Gasteiger partial charge in [0.2, 0.25) is 0 Å². The maximum atomic E-state index is 13.3. The van der Waals surface area contributed by atoms with Crippen LogP contribution in [0.2, 0.25) is 0 Å². The van der Waals surface area contributed by atoms with Gasteiger partial charge in [-0.1, -0.05) is 24.3 Å². The monoisotopic (exact) mass is 328 g/mol. The molecular weight excluding hydrogens is 310 g/mol. The minimum Gasteiger partial charge on any atom is -0.306 e. The summed E-state index contributed by atoms with van der Waals surface area (Å²) in [6.07, 6.45) is 3.18. The van der Waals surface area contributed by atoms with Crippen molar-refractivity contribution in [3.8, 4) is 0 Å². The fourth-order valence-corrected chi connectivity index (χ4v) is 2.48. The number of halogens is 2. The number of hydrogen-bond acceptors (Lipinski definition) is 3. The Morgan fingerprint density at radius 3 is 2.33 bits per heavy atom. The number of aromatic nitrogens is 3. The molecule has 24 heavy (non-hydrogen) atoms. The Labute approximate surface area is 139 Å². The van der Waals surface area contributed by atoms with Crippen LogP contribution in [0, 0.1) is 11.6 Å². The summed E-state index contributed by atoms with van der Waals surface area (Å²) in [7, 11) is 0. The van der Waals surface area contributed by atoms with Crippen molar-refractivity contribution in [1.82, 2.24) is 20.1 Å². The van der Waals surface area contributed by atoms with Crippen LogP contribution in [0.5, 0.6) is 0 Å². The maximum Gasteiger partial charge on any atom is 0.137 e. The lowest BCUT2D eigenvalue weighted by Crippen LogP contribution is -2.18. The zero-order chi connectivity index (χ0) is 16.9. The van der Waals surface area contributed by atoms with E-state index in [2.05, 4.69) is 15.4 Å². The molecule has 0 amide bonds. The molecule has 3 aromatic rings. The van der Waals surface area contributed by atoms with Crippen LogP contribution in [0.25, 0.3) is 0 Å². The molecule has 3 rings (SSSR count). The van der Waals surface area contributed by atoms with Gasteiger partial charge < -0.3 is 5.32 Å². The summed E-state index contributed by atoms with van der Waals surface area (Å²) in [5, 5.41) is 7.35. The van der Waals surface area contributed by atoms with Crippen LogP contribution in [0.15, 0.2) is 55.1 Å². The second kappa shape index (κ2) is 7.31. The zero-order valence-corrected chi connectivity index (χ0v) is 13.3. The number of nitrogens with one attached hydrogen (secondary N) is 1. The molecule has 2 aromatic carbocycles. The van der Waals surface area contributed by atoms with Gasteiger partial charge in [0.25, 0.3) is 0 Å². The molecule has 1 heterocycles. The van der Waals surface area contributed by atoms with Crippen LogP contribution in [-0.4, -0.2) is 14.8 Å². The number of benzene rings is 2. The SMILES string of the molecule is CC(NCc1ccc(Cn2cncn2)cc1)c1cc(F)cc(F)c1. The lowest BCUT2D eigenvalue weighted by Gasteiger charge is -2.15. The third-order valence-corrected chi connectivity index (χ3v) is 3.83. The van der Waals surface area contributed by atoms with Crippen molar-refractivity contribution >= 4 is 0 Å². The van der Waals surface area contributed by atoms with Crippen molar-refractivity contribution in [2.45, 2.75) is 26.1 Å². The quantitative estimate of drug-likeness (QED) is 0.753. The molecule has 0 spiro atoms. The number of rotatable bonds is 6. The molecule has 0 aliphatic carbocycles. The van der Waals surface area contributed by atoms with E-state index in [9.17, 15) is 8.78 Å². The van der Waals surface area contributed by atoms with Crippen molar-refractivity contribution < 1.29 is 8.78 Å². The molecule has 0 aliphatic heterocycles. The molecule has 0 saturated heterocycles. The minimum absolute atomic E-state index is 0.148. The first kappa shape index (κ1) is 16.3. The van der Waals surface area contributed by atoms with Gasteiger partial charge in [-0.25, -0.2) is 18.4 Å². The van der Waals surface area contributed by atoms with E-state index in [1.54, 1.807) is 11.0 Å². The van der Waals surface area contributed by atoms with E-state index in [-0.39, 0.29) is 6.04 Å². The third-order valence-electron chi connectivity index (χ3n) is 3.83. The largest absolute Gasteiger partial charge is 0.306 e. The van der Waals surface area contributed by atoms with Gasteiger partial charge in [0, 0.05) is 18.7 Å². The molecule has 1 atom stereocenters. The molecule has 1 aromatic heterocycles. The fourth-order valence-electron chi connectivity index (χ4n) is 2.48. The summed E-state index contributed by atoms with van der Waals surface area (Å²) in [6, 6.07) is 11.5. The summed E-state index contributed by atoms with van der Waals surface area (Å²) in [5.41, 5.74) is 2.82. The Bertz CT molecular complexity index is 765. The van der Waals surface area contributed by atoms with Crippen LogP contribution in [-0.2, 0) is 13.1 Å². The minimum atomic E-state index is -0.559. The van der Waals surface area contributed by atoms with E-state index in [0.29, 0.717) is 18.7 Å². The van der Waals surface area contributed by atoms with E-state index in [1.807, 2.05) is 31.2 Å². The van der Waals surface area contributed by atoms with Gasteiger partial charge in [0.1, 0.15) is 24.3 Å². The van der Waals surface area contributed by atoms with Gasteiger partial charge >= 0.3 is 0 Å². The molecule has 6 heteroatoms. The summed E-state index contributed by atoms with van der Waals surface area (Å²) in [4.78, 5) is 3.91. The zero-order valence-electron chi connectivity index (χ0n) is 13.3. The smallest absolute Gasteiger partial charge is 0.137 e. The number of nitrogens with zero attached hydrogens (tertiary/aromatic N) is 3. The first-order valence-corrected chi connectivity index (χ1v) is 7.70. The van der Waals surface area contributed by atoms with Gasteiger partial charge in [-0.15, -0.1) is 0 Å². The summed E-state index contributed by atoms with van der Waals surface area (Å²) < 4.78 is 28.3. The molecule has 0 radical (unpaired) electrons. The number of hydrogen-bond donors (Lipinski definition) is 1. The Morgan fingerprint density at radius 1 is 1.04 bits per heavy atom. The first-order valence-electron chi connectivity index (χ1n) is 7.70. The van der Waals surface area contributed by atoms with Crippen molar-refractivity contribution in [3.63, 3.8) is 0 Å². The summed E-state index contributed by atoms with van der Waals surface area (Å²) >= 11 is 0. The molecule has 1 N–H and O–H groups in total. The van der Waals surface area contributed by atoms with Crippen LogP contribution >= 0.6 is 0 Å². The molecule has 1 unspecified atom stereocenters. The van der Waals surface area contributed by atoms with E-state index >= 15 is 0 Å². The second-order valence-electron chi connectivity index (χ2n) is 5.71. The Morgan fingerprint density at radius 2 is 1.71 bits per heavy atom. The van der Waals surface area contributed by atoms with Crippen molar-refractivity contribution in [2.24, 2.45) is 0 Å². The van der Waals surface area contributed by atoms with E-state index in [0.717, 1.165) is 17.2 Å². The van der Waals surface area contributed by atoms with Crippen molar-refractivity contribution in [2.75, 3.05) is 0 Å². The molecule has 124 valence electrons. The maximum absolute atomic E-state index is 13.3. The highest BCUT2D eigenvalue weighted by Crippen LogP contribution is 2.16. The van der Waals surface area contributed by atoms with Crippen LogP contribution in [0.1, 0.15) is 29.7 Å². The highest BCUT2D eigenvalue weighted by Gasteiger charge is 2.08. The average Bonchev–Trinajstić information content (AvgIpc) is 3.06. The van der Waals surface area contributed by atoms with Crippen LogP contribution < -0.4 is 5.32 Å². The molecule has 0 aliphatic rings. The van der Waals surface area contributed by atoms with Crippen LogP contribution in [0.4, 0.5) is 8.78 Å². The average molecular weight is 328 g/mol. The van der Waals surface area contributed by atoms with Gasteiger partial charge in [-0.2, -0.15) is 5.10 Å². The van der Waals surface area contributed by atoms with Gasteiger partial charge in [0.15, 0.2) is 0 Å². The highest BCUT2D eigenvalue weighted by molar-refractivity contribution is 5.24. The summed E-state index contributed by atoms with van der Waals surface area (Å²) in [6.45, 7) is 3.17. The topological polar surface area (TPSA) is 42.7 Å². The normalized spacial score (nSPS) is 12.3. The summed E-state index contributed by atoms with van der Waals surface area (Å²) in [5.74, 6) is -1.12. The molecular formula is C18H18F2N4. The van der Waals surface area contributed by atoms with Gasteiger partial charge in [0.05, 0.1) is 6.54 Å². The Hall–Kier alpha value is -2.60. The fraction of sp³-hybridized carbons (Fsp3) is 0.222. The Balaban J connectivity index is 1.58. The van der Waals surface area contributed by atoms with Crippen LogP contribution in [0.3, 0.4) is 0 Å². The molecule has 0 fully saturated rings. The van der Waals surface area contributed by atoms with E-state index in [4.69, 9.17) is 0 Å². The highest BCUT2D eigenvalue weighted by atomic mass is 19.1. The van der Waals surface area contributed by atoms with Crippen molar-refractivity contribution in [1.29, 1.82) is 0 Å². The lowest BCUT2D eigenvalue weighted by atomic mass is 10.1. The lowest BCUT2D eigenvalue weighted by molar-refractivity contribution is 0.545. The molecule has 4 nitrogen and oxygen atoms in total. The van der Waals surface area contributed by atoms with E-state index in [1.165, 1.54) is 18.5 Å². The van der Waals surface area contributed by atoms with Crippen molar-refractivity contribution in [3.05, 3.63) is 83.4 Å². The standard InChI is InChI=1S/C18H18F2N4/c1-13(16-6-17(19)8-18(20)7-16)22-9-14-2-4-15(5-3-14)10-24-12-21-11-23-24/h2-8,11-13,22H,9-10H2,1H3.